The highest BCUT2D eigenvalue weighted by molar-refractivity contribution is 7.24. The first-order valence-electron chi connectivity index (χ1n) is 4.98. The van der Waals surface area contributed by atoms with Gasteiger partial charge >= 0.3 is 8.46 Å². The summed E-state index contributed by atoms with van der Waals surface area (Å²) < 4.78 is 10.8. The molecule has 4 unspecified atom stereocenters. The molecule has 12 heavy (non-hydrogen) atoms. The van der Waals surface area contributed by atoms with Gasteiger partial charge < -0.3 is 5.32 Å². The Balaban J connectivity index is 1.93. The second-order valence-electron chi connectivity index (χ2n) is 4.14. The van der Waals surface area contributed by atoms with Crippen LogP contribution in [-0.2, 0) is 4.57 Å². The molecular formula is C9H17NOP+. The van der Waals surface area contributed by atoms with E-state index in [0.717, 1.165) is 11.8 Å². The minimum absolute atomic E-state index is 0.0592. The van der Waals surface area contributed by atoms with Gasteiger partial charge in [-0.2, -0.15) is 0 Å². The molecule has 0 radical (unpaired) electrons. The predicted octanol–water partition coefficient (Wildman–Crippen LogP) is 1.79. The first kappa shape index (κ1) is 8.65. The van der Waals surface area contributed by atoms with Crippen LogP contribution in [0.2, 0.25) is 0 Å². The van der Waals surface area contributed by atoms with Gasteiger partial charge in [0.25, 0.3) is 0 Å². The van der Waals surface area contributed by atoms with Crippen LogP contribution in [0, 0.1) is 11.8 Å². The zero-order valence-electron chi connectivity index (χ0n) is 7.38. The van der Waals surface area contributed by atoms with E-state index in [9.17, 15) is 4.57 Å². The highest BCUT2D eigenvalue weighted by Crippen LogP contribution is 2.38. The minimum atomic E-state index is -0.0592. The number of piperidine rings is 1. The number of hydrogen-bond acceptors (Lipinski definition) is 2. The standard InChI is InChI=1S/C9H16NOP/c11-12-9-2-1-8-6-10-4-3-7(8)5-9/h7-10H,1-6H2/p+1. The highest BCUT2D eigenvalue weighted by Gasteiger charge is 2.35. The summed E-state index contributed by atoms with van der Waals surface area (Å²) in [6, 6.07) is 0. The van der Waals surface area contributed by atoms with Crippen molar-refractivity contribution in [3.63, 3.8) is 0 Å². The number of nitrogens with one attached hydrogen (secondary N) is 1. The van der Waals surface area contributed by atoms with Gasteiger partial charge in [0.15, 0.2) is 5.66 Å². The molecule has 1 N–H and O–H groups in total. The van der Waals surface area contributed by atoms with Crippen molar-refractivity contribution in [2.45, 2.75) is 31.3 Å². The summed E-state index contributed by atoms with van der Waals surface area (Å²) in [7, 11) is -0.0592. The monoisotopic (exact) mass is 186 g/mol. The third kappa shape index (κ3) is 1.70. The number of hydrogen-bond donors (Lipinski definition) is 1. The summed E-state index contributed by atoms with van der Waals surface area (Å²) in [4.78, 5) is 0. The Bertz CT molecular complexity index is 174. The van der Waals surface area contributed by atoms with Crippen molar-refractivity contribution < 1.29 is 4.57 Å². The Hall–Kier alpha value is 0.0600. The summed E-state index contributed by atoms with van der Waals surface area (Å²) in [5, 5.41) is 3.44. The quantitative estimate of drug-likeness (QED) is 0.632. The second-order valence-corrected chi connectivity index (χ2v) is 5.19. The molecule has 1 heterocycles. The largest absolute Gasteiger partial charge is 0.327 e. The average Bonchev–Trinajstić information content (AvgIpc) is 2.17. The number of fused-ring (bicyclic) bond motifs is 1. The zero-order valence-corrected chi connectivity index (χ0v) is 8.38. The van der Waals surface area contributed by atoms with E-state index in [0.29, 0.717) is 5.66 Å². The third-order valence-corrected chi connectivity index (χ3v) is 4.26. The first-order valence-corrected chi connectivity index (χ1v) is 5.97. The van der Waals surface area contributed by atoms with Crippen LogP contribution in [0.3, 0.4) is 0 Å². The molecule has 0 bridgehead atoms. The molecule has 4 atom stereocenters. The van der Waals surface area contributed by atoms with Crippen molar-refractivity contribution in [3.05, 3.63) is 0 Å². The number of rotatable bonds is 1. The fourth-order valence-corrected chi connectivity index (χ4v) is 3.31. The van der Waals surface area contributed by atoms with Crippen LogP contribution in [0.25, 0.3) is 0 Å². The van der Waals surface area contributed by atoms with Gasteiger partial charge in [0.05, 0.1) is 0 Å². The lowest BCUT2D eigenvalue weighted by molar-refractivity contribution is 0.188. The lowest BCUT2D eigenvalue weighted by atomic mass is 9.75. The van der Waals surface area contributed by atoms with Crippen molar-refractivity contribution in [1.29, 1.82) is 0 Å². The molecule has 2 rings (SSSR count). The van der Waals surface area contributed by atoms with Gasteiger partial charge in [-0.15, -0.1) is 0 Å². The van der Waals surface area contributed by atoms with Gasteiger partial charge in [-0.3, -0.25) is 0 Å². The van der Waals surface area contributed by atoms with E-state index in [2.05, 4.69) is 5.32 Å². The first-order chi connectivity index (χ1) is 5.90. The summed E-state index contributed by atoms with van der Waals surface area (Å²) in [5.41, 5.74) is 0.532. The van der Waals surface area contributed by atoms with Gasteiger partial charge in [-0.05, 0) is 50.6 Å². The van der Waals surface area contributed by atoms with Crippen molar-refractivity contribution >= 4 is 8.46 Å². The molecule has 0 aromatic carbocycles. The Morgan fingerprint density at radius 1 is 1.17 bits per heavy atom. The lowest BCUT2D eigenvalue weighted by Gasteiger charge is -2.36. The van der Waals surface area contributed by atoms with Crippen LogP contribution in [0.5, 0.6) is 0 Å². The average molecular weight is 186 g/mol. The summed E-state index contributed by atoms with van der Waals surface area (Å²) >= 11 is 0. The second kappa shape index (κ2) is 3.85. The smallest absolute Gasteiger partial charge is 0.316 e. The molecule has 2 aliphatic rings. The van der Waals surface area contributed by atoms with Crippen LogP contribution in [0.15, 0.2) is 0 Å². The van der Waals surface area contributed by atoms with Gasteiger partial charge in [-0.25, -0.2) is 0 Å². The SMILES string of the molecule is O=[PH+]C1CCC2CNCCC2C1. The van der Waals surface area contributed by atoms with Gasteiger partial charge in [0.1, 0.15) is 0 Å². The highest BCUT2D eigenvalue weighted by atomic mass is 31.1. The molecule has 1 aliphatic heterocycles. The Morgan fingerprint density at radius 3 is 2.92 bits per heavy atom. The Kier molecular flexibility index (Phi) is 2.77. The predicted molar refractivity (Wildman–Crippen MR) is 51.1 cm³/mol. The van der Waals surface area contributed by atoms with E-state index in [1.807, 2.05) is 0 Å². The molecule has 1 aliphatic carbocycles. The molecule has 68 valence electrons. The van der Waals surface area contributed by atoms with Crippen molar-refractivity contribution in [2.75, 3.05) is 13.1 Å². The summed E-state index contributed by atoms with van der Waals surface area (Å²) in [6.07, 6.45) is 5.04. The molecule has 0 spiro atoms. The maximum Gasteiger partial charge on any atom is 0.327 e. The van der Waals surface area contributed by atoms with E-state index in [-0.39, 0.29) is 8.46 Å². The van der Waals surface area contributed by atoms with Crippen molar-refractivity contribution in [2.24, 2.45) is 11.8 Å². The molecule has 0 amide bonds. The zero-order chi connectivity index (χ0) is 8.39. The maximum atomic E-state index is 10.8. The third-order valence-electron chi connectivity index (χ3n) is 3.40. The van der Waals surface area contributed by atoms with Crippen LogP contribution >= 0.6 is 8.46 Å². The fourth-order valence-electron chi connectivity index (χ4n) is 2.63. The molecule has 0 aromatic rings. The molecule has 3 heteroatoms. The summed E-state index contributed by atoms with van der Waals surface area (Å²) in [5.74, 6) is 1.78. The molecule has 2 nitrogen and oxygen atoms in total. The maximum absolute atomic E-state index is 10.8. The fraction of sp³-hybridized carbons (Fsp3) is 1.00. The summed E-state index contributed by atoms with van der Waals surface area (Å²) in [6.45, 7) is 2.38. The Morgan fingerprint density at radius 2 is 2.08 bits per heavy atom. The van der Waals surface area contributed by atoms with Crippen LogP contribution in [-0.4, -0.2) is 18.7 Å². The van der Waals surface area contributed by atoms with Gasteiger partial charge in [0.2, 0.25) is 0 Å². The van der Waals surface area contributed by atoms with E-state index in [1.54, 1.807) is 0 Å². The van der Waals surface area contributed by atoms with Gasteiger partial charge in [0, 0.05) is 0 Å². The van der Waals surface area contributed by atoms with Gasteiger partial charge in [-0.1, -0.05) is 4.57 Å². The van der Waals surface area contributed by atoms with E-state index >= 15 is 0 Å². The molecule has 2 fully saturated rings. The van der Waals surface area contributed by atoms with Crippen molar-refractivity contribution in [1.82, 2.24) is 5.32 Å². The van der Waals surface area contributed by atoms with Crippen molar-refractivity contribution in [3.8, 4) is 0 Å². The molecule has 0 aromatic heterocycles. The normalized spacial score (nSPS) is 42.5. The van der Waals surface area contributed by atoms with E-state index in [4.69, 9.17) is 0 Å². The lowest BCUT2D eigenvalue weighted by Crippen LogP contribution is -2.40. The van der Waals surface area contributed by atoms with Crippen LogP contribution in [0.1, 0.15) is 25.7 Å². The van der Waals surface area contributed by atoms with E-state index < -0.39 is 0 Å². The molecular weight excluding hydrogens is 169 g/mol. The van der Waals surface area contributed by atoms with E-state index in [1.165, 1.54) is 38.8 Å². The minimum Gasteiger partial charge on any atom is -0.316 e. The molecule has 1 saturated heterocycles. The van der Waals surface area contributed by atoms with Crippen LogP contribution in [0.4, 0.5) is 0 Å². The van der Waals surface area contributed by atoms with Crippen LogP contribution < -0.4 is 5.32 Å². The topological polar surface area (TPSA) is 29.1 Å². The molecule has 1 saturated carbocycles. The Labute approximate surface area is 75.3 Å².